The summed E-state index contributed by atoms with van der Waals surface area (Å²) >= 11 is 0. The van der Waals surface area contributed by atoms with Gasteiger partial charge in [0, 0.05) is 23.3 Å². The summed E-state index contributed by atoms with van der Waals surface area (Å²) in [5.74, 6) is 0.843. The molecule has 3 rings (SSSR count). The Hall–Kier alpha value is -1.90. The van der Waals surface area contributed by atoms with E-state index in [4.69, 9.17) is 0 Å². The van der Waals surface area contributed by atoms with Gasteiger partial charge in [0.2, 0.25) is 0 Å². The fourth-order valence-corrected chi connectivity index (χ4v) is 3.52. The third-order valence-corrected chi connectivity index (χ3v) is 4.81. The van der Waals surface area contributed by atoms with Gasteiger partial charge < -0.3 is 5.32 Å². The van der Waals surface area contributed by atoms with Gasteiger partial charge in [0.25, 0.3) is 5.91 Å². The smallest absolute Gasteiger partial charge is 0.255 e. The van der Waals surface area contributed by atoms with E-state index in [2.05, 4.69) is 19.2 Å². The fraction of sp³-hybridized carbons (Fsp3) is 0.412. The van der Waals surface area contributed by atoms with Crippen LogP contribution in [0.1, 0.15) is 37.6 Å². The number of amides is 1. The highest BCUT2D eigenvalue weighted by Gasteiger charge is 2.65. The number of carbonyl (C=O) groups is 2. The van der Waals surface area contributed by atoms with Crippen LogP contribution in [-0.4, -0.2) is 11.7 Å². The summed E-state index contributed by atoms with van der Waals surface area (Å²) in [6.07, 6.45) is 0.631. The van der Waals surface area contributed by atoms with E-state index >= 15 is 0 Å². The number of benzene rings is 1. The molecule has 1 N–H and O–H groups in total. The zero-order valence-electron chi connectivity index (χ0n) is 12.1. The van der Waals surface area contributed by atoms with Crippen molar-refractivity contribution >= 4 is 11.7 Å². The third-order valence-electron chi connectivity index (χ3n) is 4.81. The predicted molar refractivity (Wildman–Crippen MR) is 77.0 cm³/mol. The molecule has 2 saturated carbocycles. The molecule has 1 aromatic carbocycles. The Labute approximate surface area is 119 Å². The topological polar surface area (TPSA) is 46.2 Å². The average Bonchev–Trinajstić information content (AvgIpc) is 2.78. The minimum absolute atomic E-state index is 0.148. The van der Waals surface area contributed by atoms with Crippen molar-refractivity contribution in [3.63, 3.8) is 0 Å². The Morgan fingerprint density at radius 3 is 2.50 bits per heavy atom. The molecule has 0 heterocycles. The van der Waals surface area contributed by atoms with Crippen molar-refractivity contribution in [1.82, 2.24) is 5.32 Å². The molecule has 104 valence electrons. The maximum atomic E-state index is 12.1. The van der Waals surface area contributed by atoms with E-state index in [0.717, 1.165) is 11.3 Å². The summed E-state index contributed by atoms with van der Waals surface area (Å²) in [5.41, 5.74) is 2.39. The van der Waals surface area contributed by atoms with Gasteiger partial charge in [-0.2, -0.15) is 0 Å². The molecule has 1 aromatic rings. The number of hydrogen-bond acceptors (Lipinski definition) is 2. The van der Waals surface area contributed by atoms with Gasteiger partial charge in [0.05, 0.1) is 0 Å². The Bertz CT molecular complexity index is 613. The summed E-state index contributed by atoms with van der Waals surface area (Å²) < 4.78 is 0. The number of hydrogen-bond donors (Lipinski definition) is 1. The average molecular weight is 269 g/mol. The molecule has 0 spiro atoms. The van der Waals surface area contributed by atoms with Gasteiger partial charge in [-0.3, -0.25) is 9.59 Å². The number of rotatable bonds is 2. The van der Waals surface area contributed by atoms with E-state index < -0.39 is 0 Å². The molecule has 0 saturated heterocycles. The van der Waals surface area contributed by atoms with Gasteiger partial charge in [-0.25, -0.2) is 0 Å². The lowest BCUT2D eigenvalue weighted by molar-refractivity contribution is -0.115. The first-order valence-electron chi connectivity index (χ1n) is 7.03. The minimum Gasteiger partial charge on any atom is -0.326 e. The first kappa shape index (κ1) is 13.1. The zero-order valence-corrected chi connectivity index (χ0v) is 12.1. The Morgan fingerprint density at radius 1 is 1.25 bits per heavy atom. The highest BCUT2D eigenvalue weighted by Crippen LogP contribution is 2.68. The number of carbonyl (C=O) groups excluding carboxylic acids is 2. The molecule has 2 aliphatic carbocycles. The van der Waals surface area contributed by atoms with Gasteiger partial charge in [-0.15, -0.1) is 0 Å². The fourth-order valence-electron chi connectivity index (χ4n) is 3.52. The maximum absolute atomic E-state index is 12.1. The quantitative estimate of drug-likeness (QED) is 0.839. The monoisotopic (exact) mass is 269 g/mol. The molecular weight excluding hydrogens is 250 g/mol. The van der Waals surface area contributed by atoms with E-state index in [1.807, 2.05) is 25.1 Å². The van der Waals surface area contributed by atoms with Crippen molar-refractivity contribution < 1.29 is 9.59 Å². The summed E-state index contributed by atoms with van der Waals surface area (Å²) in [5, 5.41) is 2.88. The minimum atomic E-state index is -0.148. The molecular formula is C17H19NO2. The molecule has 3 heteroatoms. The largest absolute Gasteiger partial charge is 0.326 e. The molecule has 2 aliphatic rings. The van der Waals surface area contributed by atoms with Crippen LogP contribution < -0.4 is 5.32 Å². The van der Waals surface area contributed by atoms with Crippen molar-refractivity contribution in [2.45, 2.75) is 27.2 Å². The molecule has 3 nitrogen and oxygen atoms in total. The van der Waals surface area contributed by atoms with Crippen molar-refractivity contribution in [1.29, 1.82) is 0 Å². The van der Waals surface area contributed by atoms with Crippen LogP contribution in [0.3, 0.4) is 0 Å². The lowest BCUT2D eigenvalue weighted by atomic mass is 9.95. The van der Waals surface area contributed by atoms with Gasteiger partial charge in [-0.05, 0) is 36.3 Å². The van der Waals surface area contributed by atoms with Crippen molar-refractivity contribution in [3.8, 4) is 0 Å². The van der Waals surface area contributed by atoms with Gasteiger partial charge in [0.15, 0.2) is 5.78 Å². The molecule has 2 fully saturated rings. The molecule has 0 unspecified atom stereocenters. The molecule has 0 bridgehead atoms. The lowest BCUT2D eigenvalue weighted by Gasteiger charge is -2.13. The SMILES string of the molecule is C/C(NC(=O)c1ccccc1)=C1/C(=O)C[C@H]2[C@@H]1C2(C)C. The van der Waals surface area contributed by atoms with Crippen LogP contribution in [-0.2, 0) is 4.79 Å². The van der Waals surface area contributed by atoms with E-state index in [1.165, 1.54) is 0 Å². The van der Waals surface area contributed by atoms with Crippen molar-refractivity contribution in [3.05, 3.63) is 47.2 Å². The molecule has 0 radical (unpaired) electrons. The van der Waals surface area contributed by atoms with Gasteiger partial charge >= 0.3 is 0 Å². The van der Waals surface area contributed by atoms with E-state index in [9.17, 15) is 9.59 Å². The predicted octanol–water partition coefficient (Wildman–Crippen LogP) is 2.94. The summed E-state index contributed by atoms with van der Waals surface area (Å²) in [7, 11) is 0. The zero-order chi connectivity index (χ0) is 14.5. The van der Waals surface area contributed by atoms with Crippen LogP contribution in [0.4, 0.5) is 0 Å². The second-order valence-corrected chi connectivity index (χ2v) is 6.39. The van der Waals surface area contributed by atoms with Crippen molar-refractivity contribution in [2.75, 3.05) is 0 Å². The number of Topliss-reactive ketones (excluding diaryl/α,β-unsaturated/α-hetero) is 1. The highest BCUT2D eigenvalue weighted by atomic mass is 16.1. The van der Waals surface area contributed by atoms with Crippen LogP contribution in [0.2, 0.25) is 0 Å². The summed E-state index contributed by atoms with van der Waals surface area (Å²) in [6, 6.07) is 9.08. The van der Waals surface area contributed by atoms with Gasteiger partial charge in [-0.1, -0.05) is 32.0 Å². The Kier molecular flexibility index (Phi) is 2.82. The number of fused-ring (bicyclic) bond motifs is 1. The standard InChI is InChI=1S/C17H19NO2/c1-10(18-16(20)11-7-5-4-6-8-11)14-13(19)9-12-15(14)17(12,2)3/h4-8,12,15H,9H2,1-3H3,(H,18,20)/b14-10+/t12-,15-/m0/s1. The first-order chi connectivity index (χ1) is 9.43. The van der Waals surface area contributed by atoms with E-state index in [0.29, 0.717) is 23.8 Å². The number of nitrogens with one attached hydrogen (secondary N) is 1. The maximum Gasteiger partial charge on any atom is 0.255 e. The third kappa shape index (κ3) is 1.89. The van der Waals surface area contributed by atoms with Gasteiger partial charge in [0.1, 0.15) is 0 Å². The lowest BCUT2D eigenvalue weighted by Crippen LogP contribution is -2.24. The summed E-state index contributed by atoms with van der Waals surface area (Å²) in [6.45, 7) is 6.23. The molecule has 2 atom stereocenters. The molecule has 1 amide bonds. The number of allylic oxidation sites excluding steroid dienone is 2. The van der Waals surface area contributed by atoms with Crippen molar-refractivity contribution in [2.24, 2.45) is 17.3 Å². The molecule has 0 aromatic heterocycles. The van der Waals surface area contributed by atoms with Crippen LogP contribution in [0.5, 0.6) is 0 Å². The van der Waals surface area contributed by atoms with Crippen LogP contribution in [0.15, 0.2) is 41.6 Å². The normalized spacial score (nSPS) is 28.9. The molecule has 0 aliphatic heterocycles. The highest BCUT2D eigenvalue weighted by molar-refractivity contribution is 6.03. The van der Waals surface area contributed by atoms with Crippen LogP contribution in [0.25, 0.3) is 0 Å². The second kappa shape index (κ2) is 4.30. The number of ketones is 1. The van der Waals surface area contributed by atoms with Crippen LogP contribution in [0, 0.1) is 17.3 Å². The first-order valence-corrected chi connectivity index (χ1v) is 7.03. The second-order valence-electron chi connectivity index (χ2n) is 6.39. The van der Waals surface area contributed by atoms with E-state index in [1.54, 1.807) is 12.1 Å². The van der Waals surface area contributed by atoms with Crippen LogP contribution >= 0.6 is 0 Å². The Balaban J connectivity index is 1.82. The summed E-state index contributed by atoms with van der Waals surface area (Å²) in [4.78, 5) is 24.2. The van der Waals surface area contributed by atoms with E-state index in [-0.39, 0.29) is 17.1 Å². The molecule has 20 heavy (non-hydrogen) atoms. The Morgan fingerprint density at radius 2 is 1.90 bits per heavy atom.